The van der Waals surface area contributed by atoms with E-state index in [9.17, 15) is 9.90 Å². The summed E-state index contributed by atoms with van der Waals surface area (Å²) in [5, 5.41) is 9.33. The zero-order valence-corrected chi connectivity index (χ0v) is 12.3. The van der Waals surface area contributed by atoms with E-state index in [0.717, 1.165) is 12.8 Å². The second-order valence-corrected chi connectivity index (χ2v) is 5.58. The molecule has 1 rings (SSSR count). The van der Waals surface area contributed by atoms with Crippen molar-refractivity contribution < 1.29 is 9.90 Å². The molecule has 0 fully saturated rings. The monoisotopic (exact) mass is 267 g/mol. The summed E-state index contributed by atoms with van der Waals surface area (Å²) < 4.78 is 1.99. The largest absolute Gasteiger partial charge is 0.394 e. The molecule has 0 aromatic carbocycles. The van der Waals surface area contributed by atoms with E-state index in [1.54, 1.807) is 24.5 Å². The van der Waals surface area contributed by atoms with E-state index in [2.05, 4.69) is 11.9 Å². The van der Waals surface area contributed by atoms with Gasteiger partial charge in [-0.25, -0.2) is 4.98 Å². The number of imidazole rings is 1. The van der Waals surface area contributed by atoms with Gasteiger partial charge in [-0.3, -0.25) is 4.79 Å². The molecule has 108 valence electrons. The lowest BCUT2D eigenvalue weighted by molar-refractivity contribution is -0.136. The second-order valence-electron chi connectivity index (χ2n) is 5.58. The molecule has 19 heavy (non-hydrogen) atoms. The molecule has 0 saturated carbocycles. The molecule has 0 bridgehead atoms. The summed E-state index contributed by atoms with van der Waals surface area (Å²) in [6.07, 6.45) is 7.77. The zero-order valence-electron chi connectivity index (χ0n) is 12.3. The van der Waals surface area contributed by atoms with Crippen molar-refractivity contribution >= 4 is 5.91 Å². The second kappa shape index (κ2) is 6.70. The number of aliphatic hydroxyl groups excluding tert-OH is 1. The third kappa shape index (κ3) is 4.06. The Balaban J connectivity index is 2.72. The highest BCUT2D eigenvalue weighted by Crippen LogP contribution is 2.21. The van der Waals surface area contributed by atoms with Crippen molar-refractivity contribution in [3.05, 3.63) is 18.7 Å². The lowest BCUT2D eigenvalue weighted by Gasteiger charge is -2.35. The Kier molecular flexibility index (Phi) is 5.54. The van der Waals surface area contributed by atoms with Crippen LogP contribution in [-0.4, -0.2) is 44.7 Å². The van der Waals surface area contributed by atoms with Gasteiger partial charge in [-0.2, -0.15) is 0 Å². The van der Waals surface area contributed by atoms with Gasteiger partial charge < -0.3 is 14.6 Å². The average Bonchev–Trinajstić information content (AvgIpc) is 2.91. The van der Waals surface area contributed by atoms with Gasteiger partial charge in [-0.15, -0.1) is 0 Å². The van der Waals surface area contributed by atoms with Gasteiger partial charge in [0, 0.05) is 31.9 Å². The highest BCUT2D eigenvalue weighted by Gasteiger charge is 2.28. The molecule has 0 spiro atoms. The Bertz CT molecular complexity index is 387. The summed E-state index contributed by atoms with van der Waals surface area (Å²) in [5.74, 6) is 0.0474. The number of aliphatic hydroxyl groups is 1. The van der Waals surface area contributed by atoms with Crippen LogP contribution in [0.5, 0.6) is 0 Å². The minimum absolute atomic E-state index is 0.0429. The van der Waals surface area contributed by atoms with Crippen LogP contribution in [0.3, 0.4) is 0 Å². The number of rotatable bonds is 7. The molecule has 1 heterocycles. The summed E-state index contributed by atoms with van der Waals surface area (Å²) in [6, 6.07) is 0.136. The van der Waals surface area contributed by atoms with E-state index in [1.807, 2.05) is 24.6 Å². The van der Waals surface area contributed by atoms with Crippen molar-refractivity contribution in [3.63, 3.8) is 0 Å². The molecule has 1 atom stereocenters. The Hall–Kier alpha value is -1.36. The normalized spacial score (nSPS) is 13.3. The van der Waals surface area contributed by atoms with Gasteiger partial charge in [0.1, 0.15) is 0 Å². The van der Waals surface area contributed by atoms with E-state index in [0.29, 0.717) is 6.42 Å². The Labute approximate surface area is 115 Å². The van der Waals surface area contributed by atoms with E-state index in [-0.39, 0.29) is 18.6 Å². The van der Waals surface area contributed by atoms with Crippen molar-refractivity contribution in [2.45, 2.75) is 51.6 Å². The first kappa shape index (κ1) is 15.7. The van der Waals surface area contributed by atoms with Crippen LogP contribution in [0.1, 0.15) is 46.1 Å². The van der Waals surface area contributed by atoms with Gasteiger partial charge in [-0.1, -0.05) is 13.3 Å². The van der Waals surface area contributed by atoms with Crippen LogP contribution < -0.4 is 0 Å². The van der Waals surface area contributed by atoms with Gasteiger partial charge in [0.05, 0.1) is 18.5 Å². The molecule has 0 aliphatic carbocycles. The minimum Gasteiger partial charge on any atom is -0.394 e. The molecular weight excluding hydrogens is 242 g/mol. The number of hydrogen-bond donors (Lipinski definition) is 1. The number of aromatic nitrogens is 2. The molecule has 5 nitrogen and oxygen atoms in total. The summed E-state index contributed by atoms with van der Waals surface area (Å²) in [4.78, 5) is 18.0. The van der Waals surface area contributed by atoms with Crippen LogP contribution in [-0.2, 0) is 4.79 Å². The molecule has 1 unspecified atom stereocenters. The smallest absolute Gasteiger partial charge is 0.224 e. The fraction of sp³-hybridized carbons (Fsp3) is 0.714. The van der Waals surface area contributed by atoms with Gasteiger partial charge in [0.15, 0.2) is 0 Å². The molecule has 0 saturated heterocycles. The molecule has 5 heteroatoms. The van der Waals surface area contributed by atoms with Crippen molar-refractivity contribution in [2.24, 2.45) is 0 Å². The number of carbonyl (C=O) groups excluding carboxylic acids is 1. The molecule has 0 aliphatic heterocycles. The van der Waals surface area contributed by atoms with Crippen molar-refractivity contribution in [1.29, 1.82) is 0 Å². The molecular formula is C14H25N3O2. The maximum absolute atomic E-state index is 12.3. The maximum Gasteiger partial charge on any atom is 0.224 e. The molecule has 0 aliphatic rings. The molecule has 1 aromatic heterocycles. The van der Waals surface area contributed by atoms with Gasteiger partial charge in [0.25, 0.3) is 0 Å². The Morgan fingerprint density at radius 3 is 2.68 bits per heavy atom. The zero-order chi connectivity index (χ0) is 14.5. The molecule has 1 aromatic rings. The van der Waals surface area contributed by atoms with Crippen molar-refractivity contribution in [2.75, 3.05) is 13.7 Å². The summed E-state index contributed by atoms with van der Waals surface area (Å²) in [6.45, 7) is 5.78. The minimum atomic E-state index is -0.525. The van der Waals surface area contributed by atoms with Crippen LogP contribution in [0.4, 0.5) is 0 Å². The fourth-order valence-electron chi connectivity index (χ4n) is 1.96. The molecule has 1 amide bonds. The van der Waals surface area contributed by atoms with Crippen molar-refractivity contribution in [3.8, 4) is 0 Å². The third-order valence-electron chi connectivity index (χ3n) is 3.65. The highest BCUT2D eigenvalue weighted by atomic mass is 16.3. The Morgan fingerprint density at radius 1 is 1.53 bits per heavy atom. The SMILES string of the molecule is CCCC(CC(=O)N(C)C(C)(C)CO)n1ccnc1. The van der Waals surface area contributed by atoms with Crippen LogP contribution in [0, 0.1) is 0 Å². The van der Waals surface area contributed by atoms with Crippen molar-refractivity contribution in [1.82, 2.24) is 14.5 Å². The summed E-state index contributed by atoms with van der Waals surface area (Å²) >= 11 is 0. The van der Waals surface area contributed by atoms with Crippen LogP contribution in [0.15, 0.2) is 18.7 Å². The number of hydrogen-bond acceptors (Lipinski definition) is 3. The number of nitrogens with zero attached hydrogens (tertiary/aromatic N) is 3. The summed E-state index contributed by atoms with van der Waals surface area (Å²) in [7, 11) is 1.75. The number of amides is 1. The quantitative estimate of drug-likeness (QED) is 0.820. The van der Waals surface area contributed by atoms with E-state index >= 15 is 0 Å². The fourth-order valence-corrected chi connectivity index (χ4v) is 1.96. The van der Waals surface area contributed by atoms with Gasteiger partial charge in [0.2, 0.25) is 5.91 Å². The maximum atomic E-state index is 12.3. The molecule has 1 N–H and O–H groups in total. The molecule has 0 radical (unpaired) electrons. The predicted molar refractivity (Wildman–Crippen MR) is 74.7 cm³/mol. The topological polar surface area (TPSA) is 58.4 Å². The van der Waals surface area contributed by atoms with Crippen LogP contribution in [0.25, 0.3) is 0 Å². The predicted octanol–water partition coefficient (Wildman–Crippen LogP) is 1.84. The van der Waals surface area contributed by atoms with Gasteiger partial charge >= 0.3 is 0 Å². The first-order valence-electron chi connectivity index (χ1n) is 6.77. The van der Waals surface area contributed by atoms with E-state index in [4.69, 9.17) is 0 Å². The third-order valence-corrected chi connectivity index (χ3v) is 3.65. The van der Waals surface area contributed by atoms with E-state index in [1.165, 1.54) is 0 Å². The average molecular weight is 267 g/mol. The number of carbonyl (C=O) groups is 1. The first-order valence-corrected chi connectivity index (χ1v) is 6.77. The van der Waals surface area contributed by atoms with Crippen LogP contribution in [0.2, 0.25) is 0 Å². The standard InChI is InChI=1S/C14H25N3O2/c1-5-6-12(17-8-7-15-11-17)9-13(19)16(4)14(2,3)10-18/h7-8,11-12,18H,5-6,9-10H2,1-4H3. The Morgan fingerprint density at radius 2 is 2.21 bits per heavy atom. The summed E-state index contributed by atoms with van der Waals surface area (Å²) in [5.41, 5.74) is -0.525. The lowest BCUT2D eigenvalue weighted by Crippen LogP contribution is -2.48. The van der Waals surface area contributed by atoms with Crippen LogP contribution >= 0.6 is 0 Å². The highest BCUT2D eigenvalue weighted by molar-refractivity contribution is 5.77. The first-order chi connectivity index (χ1) is 8.92. The number of likely N-dealkylation sites (N-methyl/N-ethyl adjacent to an activating group) is 1. The van der Waals surface area contributed by atoms with E-state index < -0.39 is 5.54 Å². The van der Waals surface area contributed by atoms with Gasteiger partial charge in [-0.05, 0) is 20.3 Å². The lowest BCUT2D eigenvalue weighted by atomic mass is 10.0.